The maximum Gasteiger partial charge on any atom is 0.408 e. The molecule has 12 nitrogen and oxygen atoms in total. The standard InChI is InChI=1S/C40H48N4O8/c1-4-14-33(37(47)50-26-30-17-10-6-11-18-30)43-38(48)40(41-23-24-52-40)35(45)32(22-21-29-15-8-5-9-16-29)42-36(46)34(25-28(2)3)44-39(49)51-27-31-19-12-7-13-20-31/h5-13,15-20,23-24,28,32-34,41H,4,14,21-22,25-27H2,1-3H3,(H,42,46)(H,43,48)(H,44,49). The van der Waals surface area contributed by atoms with Crippen LogP contribution in [0.3, 0.4) is 0 Å². The fraction of sp³-hybridized carbons (Fsp3) is 0.375. The minimum absolute atomic E-state index is 0.00728. The Kier molecular flexibility index (Phi) is 14.8. The van der Waals surface area contributed by atoms with E-state index < -0.39 is 53.5 Å². The van der Waals surface area contributed by atoms with E-state index in [0.717, 1.165) is 16.7 Å². The van der Waals surface area contributed by atoms with Gasteiger partial charge in [-0.2, -0.15) is 0 Å². The first-order chi connectivity index (χ1) is 25.1. The predicted octanol–water partition coefficient (Wildman–Crippen LogP) is 4.83. The van der Waals surface area contributed by atoms with Crippen molar-refractivity contribution >= 4 is 29.7 Å². The normalized spacial score (nSPS) is 16.4. The van der Waals surface area contributed by atoms with Gasteiger partial charge in [-0.3, -0.25) is 14.4 Å². The number of ketones is 1. The zero-order valence-corrected chi connectivity index (χ0v) is 29.8. The number of rotatable bonds is 19. The summed E-state index contributed by atoms with van der Waals surface area (Å²) in [7, 11) is 0. The van der Waals surface area contributed by atoms with E-state index >= 15 is 0 Å². The van der Waals surface area contributed by atoms with Crippen molar-refractivity contribution in [1.82, 2.24) is 21.3 Å². The number of ether oxygens (including phenoxy) is 3. The van der Waals surface area contributed by atoms with Gasteiger partial charge in [0.1, 0.15) is 31.6 Å². The lowest BCUT2D eigenvalue weighted by Gasteiger charge is -2.32. The lowest BCUT2D eigenvalue weighted by molar-refractivity contribution is -0.159. The molecule has 0 fully saturated rings. The molecule has 3 aromatic carbocycles. The molecule has 4 N–H and O–H groups in total. The van der Waals surface area contributed by atoms with Crippen LogP contribution in [0.1, 0.15) is 63.1 Å². The topological polar surface area (TPSA) is 161 Å². The number of nitrogens with one attached hydrogen (secondary N) is 4. The minimum atomic E-state index is -2.30. The third-order valence-electron chi connectivity index (χ3n) is 8.38. The van der Waals surface area contributed by atoms with Gasteiger partial charge in [0.2, 0.25) is 11.7 Å². The Hall–Kier alpha value is -5.65. The molecule has 0 aliphatic carbocycles. The minimum Gasteiger partial charge on any atom is -0.459 e. The Morgan fingerprint density at radius 1 is 0.712 bits per heavy atom. The molecule has 4 unspecified atom stereocenters. The molecule has 4 atom stereocenters. The Balaban J connectivity index is 1.52. The number of amides is 3. The van der Waals surface area contributed by atoms with E-state index in [1.54, 1.807) is 0 Å². The third kappa shape index (κ3) is 11.4. The Bertz CT molecular complexity index is 1640. The highest BCUT2D eigenvalue weighted by Crippen LogP contribution is 2.21. The van der Waals surface area contributed by atoms with Crippen molar-refractivity contribution in [3.63, 3.8) is 0 Å². The van der Waals surface area contributed by atoms with Gasteiger partial charge in [0.05, 0.1) is 6.04 Å². The van der Waals surface area contributed by atoms with Crippen LogP contribution in [-0.2, 0) is 53.0 Å². The highest BCUT2D eigenvalue weighted by Gasteiger charge is 2.53. The van der Waals surface area contributed by atoms with Crippen molar-refractivity contribution in [2.24, 2.45) is 5.92 Å². The van der Waals surface area contributed by atoms with Crippen molar-refractivity contribution < 1.29 is 38.2 Å². The number of benzene rings is 3. The summed E-state index contributed by atoms with van der Waals surface area (Å²) in [5.74, 6) is -3.02. The number of Topliss-reactive ketones (excluding diaryl/α,β-unsaturated/α-hetero) is 1. The third-order valence-corrected chi connectivity index (χ3v) is 8.38. The SMILES string of the molecule is CCCC(NC(=O)C1(C(=O)C(CCc2ccccc2)NC(=O)C(CC(C)C)NC(=O)OCc2ccccc2)NC=CO1)C(=O)OCc1ccccc1. The van der Waals surface area contributed by atoms with E-state index in [0.29, 0.717) is 12.8 Å². The molecule has 276 valence electrons. The van der Waals surface area contributed by atoms with Crippen molar-refractivity contribution in [3.05, 3.63) is 120 Å². The van der Waals surface area contributed by atoms with E-state index in [-0.39, 0.29) is 38.4 Å². The van der Waals surface area contributed by atoms with Gasteiger partial charge in [-0.15, -0.1) is 0 Å². The van der Waals surface area contributed by atoms with E-state index in [1.807, 2.05) is 112 Å². The summed E-state index contributed by atoms with van der Waals surface area (Å²) in [6.45, 7) is 5.66. The summed E-state index contributed by atoms with van der Waals surface area (Å²) in [5, 5.41) is 10.8. The number of esters is 1. The van der Waals surface area contributed by atoms with Crippen molar-refractivity contribution in [3.8, 4) is 0 Å². The molecule has 1 aliphatic heterocycles. The number of hydrogen-bond acceptors (Lipinski definition) is 9. The molecule has 1 aliphatic rings. The second-order valence-corrected chi connectivity index (χ2v) is 13.0. The average Bonchev–Trinajstić information content (AvgIpc) is 3.66. The maximum atomic E-state index is 14.5. The van der Waals surface area contributed by atoms with Gasteiger partial charge >= 0.3 is 17.8 Å². The smallest absolute Gasteiger partial charge is 0.408 e. The quantitative estimate of drug-likeness (QED) is 0.101. The van der Waals surface area contributed by atoms with Crippen LogP contribution in [-0.4, -0.2) is 53.5 Å². The van der Waals surface area contributed by atoms with Gasteiger partial charge < -0.3 is 35.5 Å². The van der Waals surface area contributed by atoms with E-state index in [2.05, 4.69) is 21.3 Å². The molecular formula is C40H48N4O8. The molecule has 1 heterocycles. The van der Waals surface area contributed by atoms with Crippen molar-refractivity contribution in [2.75, 3.05) is 0 Å². The number of alkyl carbamates (subject to hydrolysis) is 1. The molecule has 12 heteroatoms. The fourth-order valence-corrected chi connectivity index (χ4v) is 5.66. The highest BCUT2D eigenvalue weighted by molar-refractivity contribution is 6.13. The molecule has 0 saturated carbocycles. The van der Waals surface area contributed by atoms with Crippen LogP contribution in [0.4, 0.5) is 4.79 Å². The number of hydrogen-bond donors (Lipinski definition) is 4. The Morgan fingerprint density at radius 3 is 1.83 bits per heavy atom. The van der Waals surface area contributed by atoms with Crippen LogP contribution in [0.15, 0.2) is 103 Å². The average molecular weight is 713 g/mol. The summed E-state index contributed by atoms with van der Waals surface area (Å²) >= 11 is 0. The van der Waals surface area contributed by atoms with Crippen LogP contribution < -0.4 is 21.3 Å². The molecule has 0 spiro atoms. The number of aryl methyl sites for hydroxylation is 1. The Labute approximate surface area is 304 Å². The first-order valence-corrected chi connectivity index (χ1v) is 17.6. The van der Waals surface area contributed by atoms with Crippen LogP contribution >= 0.6 is 0 Å². The van der Waals surface area contributed by atoms with E-state index in [9.17, 15) is 24.0 Å². The van der Waals surface area contributed by atoms with Crippen LogP contribution in [0.25, 0.3) is 0 Å². The van der Waals surface area contributed by atoms with Gasteiger partial charge in [-0.25, -0.2) is 9.59 Å². The first kappa shape index (κ1) is 39.1. The van der Waals surface area contributed by atoms with Gasteiger partial charge in [0.15, 0.2) is 0 Å². The van der Waals surface area contributed by atoms with E-state index in [4.69, 9.17) is 14.2 Å². The zero-order chi connectivity index (χ0) is 37.3. The summed E-state index contributed by atoms with van der Waals surface area (Å²) < 4.78 is 16.6. The number of carbonyl (C=O) groups is 5. The van der Waals surface area contributed by atoms with Crippen molar-refractivity contribution in [2.45, 2.75) is 89.9 Å². The second kappa shape index (κ2) is 19.7. The van der Waals surface area contributed by atoms with E-state index in [1.165, 1.54) is 12.5 Å². The van der Waals surface area contributed by atoms with Crippen LogP contribution in [0.2, 0.25) is 0 Å². The Morgan fingerprint density at radius 2 is 1.29 bits per heavy atom. The monoisotopic (exact) mass is 712 g/mol. The number of carbonyl (C=O) groups excluding carboxylic acids is 5. The first-order valence-electron chi connectivity index (χ1n) is 17.6. The lowest BCUT2D eigenvalue weighted by atomic mass is 9.93. The molecule has 4 rings (SSSR count). The van der Waals surface area contributed by atoms with Crippen LogP contribution in [0, 0.1) is 5.92 Å². The van der Waals surface area contributed by atoms with Gasteiger partial charge in [0.25, 0.3) is 5.91 Å². The second-order valence-electron chi connectivity index (χ2n) is 13.0. The predicted molar refractivity (Wildman–Crippen MR) is 194 cm³/mol. The molecule has 52 heavy (non-hydrogen) atoms. The van der Waals surface area contributed by atoms with Crippen molar-refractivity contribution in [1.29, 1.82) is 0 Å². The maximum absolute atomic E-state index is 14.5. The molecule has 0 saturated heterocycles. The summed E-state index contributed by atoms with van der Waals surface area (Å²) in [6, 6.07) is 24.2. The molecule has 3 amide bonds. The van der Waals surface area contributed by atoms with Crippen LogP contribution in [0.5, 0.6) is 0 Å². The summed E-state index contributed by atoms with van der Waals surface area (Å²) in [5.41, 5.74) is 0.161. The molecular weight excluding hydrogens is 664 g/mol. The summed E-state index contributed by atoms with van der Waals surface area (Å²) in [4.78, 5) is 68.3. The van der Waals surface area contributed by atoms with Gasteiger partial charge in [-0.1, -0.05) is 118 Å². The zero-order valence-electron chi connectivity index (χ0n) is 29.8. The fourth-order valence-electron chi connectivity index (χ4n) is 5.66. The molecule has 0 radical (unpaired) electrons. The van der Waals surface area contributed by atoms with Gasteiger partial charge in [-0.05, 0) is 48.3 Å². The molecule has 0 aromatic heterocycles. The summed E-state index contributed by atoms with van der Waals surface area (Å²) in [6.07, 6.45) is 3.18. The lowest BCUT2D eigenvalue weighted by Crippen LogP contribution is -2.67. The molecule has 3 aromatic rings. The highest BCUT2D eigenvalue weighted by atomic mass is 16.6. The molecule has 0 bridgehead atoms. The van der Waals surface area contributed by atoms with Gasteiger partial charge in [0, 0.05) is 6.20 Å². The largest absolute Gasteiger partial charge is 0.459 e.